The molecular weight excluding hydrogens is 382 g/mol. The lowest BCUT2D eigenvalue weighted by Gasteiger charge is -2.31. The second kappa shape index (κ2) is 7.70. The molecule has 1 aromatic carbocycles. The van der Waals surface area contributed by atoms with Gasteiger partial charge in [0, 0.05) is 36.2 Å². The third-order valence-electron chi connectivity index (χ3n) is 4.75. The minimum Gasteiger partial charge on any atom is -0.346 e. The number of nitrogens with zero attached hydrogens (tertiary/aromatic N) is 4. The van der Waals surface area contributed by atoms with Crippen LogP contribution in [0.25, 0.3) is 5.13 Å². The van der Waals surface area contributed by atoms with Crippen LogP contribution in [0.15, 0.2) is 42.7 Å². The fourth-order valence-corrected chi connectivity index (χ4v) is 4.25. The molecule has 0 unspecified atom stereocenters. The van der Waals surface area contributed by atoms with Crippen molar-refractivity contribution in [1.29, 1.82) is 0 Å². The molecule has 8 heteroatoms. The molecule has 3 heterocycles. The van der Waals surface area contributed by atoms with E-state index in [0.29, 0.717) is 11.6 Å². The summed E-state index contributed by atoms with van der Waals surface area (Å²) in [6.07, 6.45) is 5.71. The number of piperidine rings is 1. The number of anilines is 2. The quantitative estimate of drug-likeness (QED) is 0.713. The van der Waals surface area contributed by atoms with Gasteiger partial charge in [0.15, 0.2) is 0 Å². The first kappa shape index (κ1) is 18.0. The number of carbonyl (C=O) groups excluding carboxylic acids is 1. The lowest BCUT2D eigenvalue weighted by atomic mass is 9.97. The highest BCUT2D eigenvalue weighted by Crippen LogP contribution is 2.29. The highest BCUT2D eigenvalue weighted by molar-refractivity contribution is 7.17. The van der Waals surface area contributed by atoms with Crippen LogP contribution in [0.3, 0.4) is 0 Å². The highest BCUT2D eigenvalue weighted by atomic mass is 35.5. The number of hydrogen-bond acceptors (Lipinski definition) is 5. The summed E-state index contributed by atoms with van der Waals surface area (Å²) < 4.78 is 1.94. The summed E-state index contributed by atoms with van der Waals surface area (Å²) in [4.78, 5) is 14.9. The standard InChI is InChI=1S/C19H20ClN5OS/c1-13-6-7-15(20)11-16(13)21-17(26)14-5-4-10-25(12-14)19-23-22-18(27-19)24-8-2-3-9-24/h2-3,6-9,11,14H,4-5,10,12H2,1H3,(H,21,26)/t14-/m1/s1. The average Bonchev–Trinajstić information content (AvgIpc) is 3.36. The number of hydrogen-bond donors (Lipinski definition) is 1. The Hall–Kier alpha value is -2.38. The normalized spacial score (nSPS) is 17.1. The molecule has 0 saturated carbocycles. The van der Waals surface area contributed by atoms with Gasteiger partial charge in [-0.15, -0.1) is 10.2 Å². The van der Waals surface area contributed by atoms with Crippen molar-refractivity contribution < 1.29 is 4.79 Å². The van der Waals surface area contributed by atoms with Crippen LogP contribution >= 0.6 is 22.9 Å². The van der Waals surface area contributed by atoms with Crippen molar-refractivity contribution in [3.63, 3.8) is 0 Å². The van der Waals surface area contributed by atoms with Crippen LogP contribution in [-0.4, -0.2) is 33.8 Å². The van der Waals surface area contributed by atoms with Crippen LogP contribution in [-0.2, 0) is 4.79 Å². The number of halogens is 1. The Kier molecular flexibility index (Phi) is 5.13. The van der Waals surface area contributed by atoms with E-state index in [4.69, 9.17) is 11.6 Å². The molecule has 1 N–H and O–H groups in total. The summed E-state index contributed by atoms with van der Waals surface area (Å²) in [5, 5.41) is 13.9. The molecule has 0 bridgehead atoms. The lowest BCUT2D eigenvalue weighted by molar-refractivity contribution is -0.120. The van der Waals surface area contributed by atoms with E-state index in [1.54, 1.807) is 6.07 Å². The molecule has 27 heavy (non-hydrogen) atoms. The second-order valence-electron chi connectivity index (χ2n) is 6.69. The van der Waals surface area contributed by atoms with Crippen molar-refractivity contribution in [1.82, 2.24) is 14.8 Å². The topological polar surface area (TPSA) is 63.1 Å². The zero-order valence-electron chi connectivity index (χ0n) is 14.9. The minimum atomic E-state index is -0.0870. The number of rotatable bonds is 4. The van der Waals surface area contributed by atoms with Gasteiger partial charge in [0.25, 0.3) is 0 Å². The molecular formula is C19H20ClN5OS. The molecule has 0 aliphatic carbocycles. The van der Waals surface area contributed by atoms with E-state index in [0.717, 1.165) is 40.9 Å². The second-order valence-corrected chi connectivity index (χ2v) is 8.06. The number of nitrogens with one attached hydrogen (secondary N) is 1. The van der Waals surface area contributed by atoms with Crippen LogP contribution < -0.4 is 10.2 Å². The van der Waals surface area contributed by atoms with Gasteiger partial charge in [-0.1, -0.05) is 29.0 Å². The van der Waals surface area contributed by atoms with E-state index >= 15 is 0 Å². The summed E-state index contributed by atoms with van der Waals surface area (Å²) >= 11 is 7.60. The van der Waals surface area contributed by atoms with E-state index in [1.165, 1.54) is 11.3 Å². The zero-order chi connectivity index (χ0) is 18.8. The number of aryl methyl sites for hydroxylation is 1. The molecule has 2 aromatic heterocycles. The van der Waals surface area contributed by atoms with Crippen molar-refractivity contribution in [3.8, 4) is 5.13 Å². The third-order valence-corrected chi connectivity index (χ3v) is 5.98. The van der Waals surface area contributed by atoms with E-state index in [1.807, 2.05) is 48.1 Å². The first-order valence-electron chi connectivity index (χ1n) is 8.89. The van der Waals surface area contributed by atoms with Crippen molar-refractivity contribution in [2.75, 3.05) is 23.3 Å². The molecule has 6 nitrogen and oxygen atoms in total. The van der Waals surface area contributed by atoms with Gasteiger partial charge in [0.2, 0.25) is 16.2 Å². The van der Waals surface area contributed by atoms with Gasteiger partial charge in [0.1, 0.15) is 0 Å². The molecule has 1 amide bonds. The number of aromatic nitrogens is 3. The number of benzene rings is 1. The highest BCUT2D eigenvalue weighted by Gasteiger charge is 2.28. The fourth-order valence-electron chi connectivity index (χ4n) is 3.23. The van der Waals surface area contributed by atoms with Gasteiger partial charge in [-0.25, -0.2) is 0 Å². The maximum Gasteiger partial charge on any atom is 0.229 e. The van der Waals surface area contributed by atoms with Crippen molar-refractivity contribution >= 4 is 39.7 Å². The maximum absolute atomic E-state index is 12.8. The Morgan fingerprint density at radius 2 is 2.04 bits per heavy atom. The van der Waals surface area contributed by atoms with Crippen LogP contribution in [0.1, 0.15) is 18.4 Å². The van der Waals surface area contributed by atoms with Gasteiger partial charge in [-0.2, -0.15) is 0 Å². The summed E-state index contributed by atoms with van der Waals surface area (Å²) in [5.74, 6) is -0.0590. The van der Waals surface area contributed by atoms with Gasteiger partial charge < -0.3 is 10.2 Å². The summed E-state index contributed by atoms with van der Waals surface area (Å²) in [6.45, 7) is 3.50. The van der Waals surface area contributed by atoms with Crippen molar-refractivity contribution in [2.45, 2.75) is 19.8 Å². The molecule has 1 aliphatic rings. The largest absolute Gasteiger partial charge is 0.346 e. The van der Waals surface area contributed by atoms with Gasteiger partial charge in [-0.3, -0.25) is 9.36 Å². The first-order chi connectivity index (χ1) is 13.1. The van der Waals surface area contributed by atoms with Crippen LogP contribution in [0.2, 0.25) is 5.02 Å². The molecule has 4 rings (SSSR count). The fraction of sp³-hybridized carbons (Fsp3) is 0.316. The SMILES string of the molecule is Cc1ccc(Cl)cc1NC(=O)[C@@H]1CCCN(c2nnc(-n3cccc3)s2)C1. The number of carbonyl (C=O) groups is 1. The number of amides is 1. The molecule has 140 valence electrons. The van der Waals surface area contributed by atoms with E-state index in [2.05, 4.69) is 20.4 Å². The van der Waals surface area contributed by atoms with Gasteiger partial charge >= 0.3 is 0 Å². The maximum atomic E-state index is 12.8. The Balaban J connectivity index is 1.45. The molecule has 1 saturated heterocycles. The average molecular weight is 402 g/mol. The Bertz CT molecular complexity index is 939. The molecule has 0 radical (unpaired) electrons. The smallest absolute Gasteiger partial charge is 0.229 e. The van der Waals surface area contributed by atoms with E-state index < -0.39 is 0 Å². The summed E-state index contributed by atoms with van der Waals surface area (Å²) in [5.41, 5.74) is 1.77. The van der Waals surface area contributed by atoms with Crippen molar-refractivity contribution in [2.24, 2.45) is 5.92 Å². The van der Waals surface area contributed by atoms with Crippen LogP contribution in [0.4, 0.5) is 10.8 Å². The Morgan fingerprint density at radius 1 is 1.26 bits per heavy atom. The Morgan fingerprint density at radius 3 is 2.85 bits per heavy atom. The van der Waals surface area contributed by atoms with Crippen LogP contribution in [0.5, 0.6) is 0 Å². The monoisotopic (exact) mass is 401 g/mol. The molecule has 0 spiro atoms. The van der Waals surface area contributed by atoms with Crippen LogP contribution in [0, 0.1) is 12.8 Å². The lowest BCUT2D eigenvalue weighted by Crippen LogP contribution is -2.40. The minimum absolute atomic E-state index is 0.0280. The van der Waals surface area contributed by atoms with Gasteiger partial charge in [-0.05, 0) is 49.6 Å². The summed E-state index contributed by atoms with van der Waals surface area (Å²) in [6, 6.07) is 9.45. The predicted octanol–water partition coefficient (Wildman–Crippen LogP) is 4.15. The van der Waals surface area contributed by atoms with E-state index in [-0.39, 0.29) is 11.8 Å². The molecule has 1 fully saturated rings. The molecule has 1 aliphatic heterocycles. The van der Waals surface area contributed by atoms with Gasteiger partial charge in [0.05, 0.1) is 5.92 Å². The van der Waals surface area contributed by atoms with E-state index in [9.17, 15) is 4.79 Å². The summed E-state index contributed by atoms with van der Waals surface area (Å²) in [7, 11) is 0. The molecule has 1 atom stereocenters. The zero-order valence-corrected chi connectivity index (χ0v) is 16.5. The molecule has 3 aromatic rings. The predicted molar refractivity (Wildman–Crippen MR) is 109 cm³/mol. The van der Waals surface area contributed by atoms with Crippen molar-refractivity contribution in [3.05, 3.63) is 53.3 Å². The Labute approximate surface area is 166 Å². The first-order valence-corrected chi connectivity index (χ1v) is 10.1. The third kappa shape index (κ3) is 3.99.